The maximum Gasteiger partial charge on any atom is 0.125 e. The first-order valence-corrected chi connectivity index (χ1v) is 6.29. The molecule has 0 spiro atoms. The molecule has 2 rings (SSSR count). The molecule has 0 fully saturated rings. The monoisotopic (exact) mass is 258 g/mol. The van der Waals surface area contributed by atoms with E-state index in [0.29, 0.717) is 12.2 Å². The molecular formula is C16H19FN2. The van der Waals surface area contributed by atoms with Gasteiger partial charge in [-0.05, 0) is 43.2 Å². The summed E-state index contributed by atoms with van der Waals surface area (Å²) in [6.07, 6.45) is 0. The normalized spacial score (nSPS) is 10.5. The van der Waals surface area contributed by atoms with E-state index >= 15 is 0 Å². The molecular weight excluding hydrogens is 239 g/mol. The zero-order valence-electron chi connectivity index (χ0n) is 11.6. The maximum atomic E-state index is 13.0. The Morgan fingerprint density at radius 1 is 1.11 bits per heavy atom. The molecule has 0 bridgehead atoms. The average Bonchev–Trinajstić information content (AvgIpc) is 2.32. The van der Waals surface area contributed by atoms with Gasteiger partial charge in [0.2, 0.25) is 0 Å². The minimum Gasteiger partial charge on any atom is -0.398 e. The third-order valence-corrected chi connectivity index (χ3v) is 3.28. The van der Waals surface area contributed by atoms with E-state index in [9.17, 15) is 4.39 Å². The fourth-order valence-electron chi connectivity index (χ4n) is 2.28. The van der Waals surface area contributed by atoms with E-state index in [1.807, 2.05) is 7.05 Å². The first kappa shape index (κ1) is 13.4. The van der Waals surface area contributed by atoms with Crippen LogP contribution in [0.5, 0.6) is 0 Å². The van der Waals surface area contributed by atoms with Crippen LogP contribution in [0.3, 0.4) is 0 Å². The molecule has 2 aromatic carbocycles. The highest BCUT2D eigenvalue weighted by atomic mass is 19.1. The SMILES string of the molecule is Cc1ccc(N(C)Cc2ccc(F)cc2N)c(C)c1. The molecule has 100 valence electrons. The van der Waals surface area contributed by atoms with Gasteiger partial charge in [0.15, 0.2) is 0 Å². The van der Waals surface area contributed by atoms with Crippen LogP contribution in [0.25, 0.3) is 0 Å². The number of benzene rings is 2. The third-order valence-electron chi connectivity index (χ3n) is 3.28. The van der Waals surface area contributed by atoms with E-state index in [1.54, 1.807) is 6.07 Å². The van der Waals surface area contributed by atoms with Crippen LogP contribution in [0.1, 0.15) is 16.7 Å². The van der Waals surface area contributed by atoms with Gasteiger partial charge in [-0.2, -0.15) is 0 Å². The second-order valence-electron chi connectivity index (χ2n) is 4.99. The molecule has 3 heteroatoms. The van der Waals surface area contributed by atoms with Crippen molar-refractivity contribution >= 4 is 11.4 Å². The van der Waals surface area contributed by atoms with Crippen LogP contribution in [0.2, 0.25) is 0 Å². The lowest BCUT2D eigenvalue weighted by atomic mass is 10.1. The fraction of sp³-hybridized carbons (Fsp3) is 0.250. The minimum atomic E-state index is -0.296. The molecule has 0 aliphatic rings. The lowest BCUT2D eigenvalue weighted by Crippen LogP contribution is -2.18. The van der Waals surface area contributed by atoms with Crippen LogP contribution in [0, 0.1) is 19.7 Å². The van der Waals surface area contributed by atoms with E-state index in [2.05, 4.69) is 36.9 Å². The first-order valence-electron chi connectivity index (χ1n) is 6.29. The van der Waals surface area contributed by atoms with Gasteiger partial charge in [-0.15, -0.1) is 0 Å². The molecule has 0 aromatic heterocycles. The number of nitrogens with two attached hydrogens (primary N) is 1. The topological polar surface area (TPSA) is 29.3 Å². The van der Waals surface area contributed by atoms with Gasteiger partial charge in [-0.3, -0.25) is 0 Å². The Morgan fingerprint density at radius 2 is 1.84 bits per heavy atom. The standard InChI is InChI=1S/C16H19FN2/c1-11-4-7-16(12(2)8-11)19(3)10-13-5-6-14(17)9-15(13)18/h4-9H,10,18H2,1-3H3. The minimum absolute atomic E-state index is 0.296. The first-order chi connectivity index (χ1) is 8.97. The van der Waals surface area contributed by atoms with Gasteiger partial charge in [0.05, 0.1) is 0 Å². The van der Waals surface area contributed by atoms with Gasteiger partial charge in [0.1, 0.15) is 5.82 Å². The van der Waals surface area contributed by atoms with Crippen molar-refractivity contribution in [3.63, 3.8) is 0 Å². The van der Waals surface area contributed by atoms with Crippen molar-refractivity contribution in [2.24, 2.45) is 0 Å². The average molecular weight is 258 g/mol. The quantitative estimate of drug-likeness (QED) is 0.851. The van der Waals surface area contributed by atoms with Gasteiger partial charge in [0, 0.05) is 25.0 Å². The molecule has 0 saturated heterocycles. The van der Waals surface area contributed by atoms with Crippen molar-refractivity contribution < 1.29 is 4.39 Å². The highest BCUT2D eigenvalue weighted by molar-refractivity contribution is 5.56. The van der Waals surface area contributed by atoms with Gasteiger partial charge in [-0.25, -0.2) is 4.39 Å². The number of hydrogen-bond donors (Lipinski definition) is 1. The summed E-state index contributed by atoms with van der Waals surface area (Å²) < 4.78 is 13.0. The Morgan fingerprint density at radius 3 is 2.47 bits per heavy atom. The molecule has 0 atom stereocenters. The summed E-state index contributed by atoms with van der Waals surface area (Å²) in [4.78, 5) is 2.12. The zero-order chi connectivity index (χ0) is 14.0. The Kier molecular flexibility index (Phi) is 3.74. The van der Waals surface area contributed by atoms with Crippen molar-refractivity contribution in [2.75, 3.05) is 17.7 Å². The van der Waals surface area contributed by atoms with Crippen LogP contribution in [-0.2, 0) is 6.54 Å². The predicted octanol–water partition coefficient (Wildman–Crippen LogP) is 3.66. The summed E-state index contributed by atoms with van der Waals surface area (Å²) in [5, 5.41) is 0. The lowest BCUT2D eigenvalue weighted by Gasteiger charge is -2.22. The van der Waals surface area contributed by atoms with Crippen molar-refractivity contribution in [2.45, 2.75) is 20.4 Å². The number of anilines is 2. The number of aryl methyl sites for hydroxylation is 2. The molecule has 0 radical (unpaired) electrons. The van der Waals surface area contributed by atoms with Crippen molar-refractivity contribution in [3.05, 3.63) is 58.9 Å². The smallest absolute Gasteiger partial charge is 0.125 e. The molecule has 2 aromatic rings. The van der Waals surface area contributed by atoms with Crippen LogP contribution in [0.4, 0.5) is 15.8 Å². The van der Waals surface area contributed by atoms with E-state index in [1.165, 1.54) is 23.3 Å². The highest BCUT2D eigenvalue weighted by Crippen LogP contribution is 2.23. The molecule has 0 amide bonds. The molecule has 2 N–H and O–H groups in total. The van der Waals surface area contributed by atoms with Crippen LogP contribution < -0.4 is 10.6 Å². The lowest BCUT2D eigenvalue weighted by molar-refractivity contribution is 0.627. The fourth-order valence-corrected chi connectivity index (χ4v) is 2.28. The Hall–Kier alpha value is -2.03. The van der Waals surface area contributed by atoms with Crippen LogP contribution in [-0.4, -0.2) is 7.05 Å². The Balaban J connectivity index is 2.23. The molecule has 2 nitrogen and oxygen atoms in total. The van der Waals surface area contributed by atoms with Crippen LogP contribution in [0.15, 0.2) is 36.4 Å². The molecule has 0 unspecified atom stereocenters. The van der Waals surface area contributed by atoms with Crippen molar-refractivity contribution in [3.8, 4) is 0 Å². The number of nitrogens with zero attached hydrogens (tertiary/aromatic N) is 1. The summed E-state index contributed by atoms with van der Waals surface area (Å²) in [6, 6.07) is 10.9. The van der Waals surface area contributed by atoms with Gasteiger partial charge >= 0.3 is 0 Å². The number of rotatable bonds is 3. The molecule has 0 saturated carbocycles. The van der Waals surface area contributed by atoms with Gasteiger partial charge in [-0.1, -0.05) is 23.8 Å². The van der Waals surface area contributed by atoms with Gasteiger partial charge < -0.3 is 10.6 Å². The second kappa shape index (κ2) is 5.31. The number of nitrogen functional groups attached to an aromatic ring is 1. The van der Waals surface area contributed by atoms with E-state index in [-0.39, 0.29) is 5.82 Å². The predicted molar refractivity (Wildman–Crippen MR) is 78.8 cm³/mol. The second-order valence-corrected chi connectivity index (χ2v) is 4.99. The number of hydrogen-bond acceptors (Lipinski definition) is 2. The summed E-state index contributed by atoms with van der Waals surface area (Å²) in [5.41, 5.74) is 10.9. The van der Waals surface area contributed by atoms with Crippen LogP contribution >= 0.6 is 0 Å². The van der Waals surface area contributed by atoms with E-state index < -0.39 is 0 Å². The summed E-state index contributed by atoms with van der Waals surface area (Å²) in [6.45, 7) is 4.83. The largest absolute Gasteiger partial charge is 0.398 e. The molecule has 0 aliphatic heterocycles. The maximum absolute atomic E-state index is 13.0. The Bertz CT molecular complexity index is 593. The molecule has 0 heterocycles. The molecule has 19 heavy (non-hydrogen) atoms. The summed E-state index contributed by atoms with van der Waals surface area (Å²) in [7, 11) is 2.01. The zero-order valence-corrected chi connectivity index (χ0v) is 11.6. The summed E-state index contributed by atoms with van der Waals surface area (Å²) in [5.74, 6) is -0.296. The van der Waals surface area contributed by atoms with E-state index in [4.69, 9.17) is 5.73 Å². The van der Waals surface area contributed by atoms with Crippen molar-refractivity contribution in [1.82, 2.24) is 0 Å². The molecule has 0 aliphatic carbocycles. The highest BCUT2D eigenvalue weighted by Gasteiger charge is 2.08. The summed E-state index contributed by atoms with van der Waals surface area (Å²) >= 11 is 0. The van der Waals surface area contributed by atoms with E-state index in [0.717, 1.165) is 11.3 Å². The number of halogens is 1. The van der Waals surface area contributed by atoms with Gasteiger partial charge in [0.25, 0.3) is 0 Å². The Labute approximate surface area is 113 Å². The van der Waals surface area contributed by atoms with Crippen molar-refractivity contribution in [1.29, 1.82) is 0 Å². The third kappa shape index (κ3) is 3.05.